The zero-order chi connectivity index (χ0) is 17.4. The molecule has 1 unspecified atom stereocenters. The molecule has 1 atom stereocenters. The zero-order valence-electron chi connectivity index (χ0n) is 14.4. The lowest BCUT2D eigenvalue weighted by Gasteiger charge is -2.27. The van der Waals surface area contributed by atoms with Crippen molar-refractivity contribution in [3.63, 3.8) is 0 Å². The quantitative estimate of drug-likeness (QED) is 0.673. The summed E-state index contributed by atoms with van der Waals surface area (Å²) in [6.45, 7) is 3.53. The minimum Gasteiger partial charge on any atom is -0.493 e. The van der Waals surface area contributed by atoms with Crippen molar-refractivity contribution in [3.05, 3.63) is 57.7 Å². The molecule has 4 rings (SSSR count). The molecule has 2 heterocycles. The van der Waals surface area contributed by atoms with E-state index in [1.165, 1.54) is 22.2 Å². The maximum Gasteiger partial charge on any atom is 0.166 e. The topological polar surface area (TPSA) is 46.3 Å². The van der Waals surface area contributed by atoms with E-state index in [-0.39, 0.29) is 6.04 Å². The molecule has 0 saturated carbocycles. The van der Waals surface area contributed by atoms with Gasteiger partial charge < -0.3 is 19.8 Å². The molecular weight excluding hydrogens is 380 g/mol. The van der Waals surface area contributed by atoms with Crippen LogP contribution in [0.3, 0.4) is 0 Å². The Morgan fingerprint density at radius 1 is 1.24 bits per heavy atom. The van der Waals surface area contributed by atoms with E-state index in [9.17, 15) is 0 Å². The Kier molecular flexibility index (Phi) is 4.44. The molecule has 1 aliphatic heterocycles. The number of hydrogen-bond donors (Lipinski definition) is 2. The first-order valence-electron chi connectivity index (χ1n) is 8.56. The highest BCUT2D eigenvalue weighted by Gasteiger charge is 2.28. The van der Waals surface area contributed by atoms with E-state index in [0.29, 0.717) is 6.61 Å². The smallest absolute Gasteiger partial charge is 0.166 e. The number of fused-ring (bicyclic) bond motifs is 3. The molecule has 2 N–H and O–H groups in total. The minimum atomic E-state index is 0.0616. The first-order chi connectivity index (χ1) is 12.2. The number of para-hydroxylation sites is 1. The van der Waals surface area contributed by atoms with Crippen LogP contribution in [0.15, 0.2) is 40.9 Å². The van der Waals surface area contributed by atoms with Gasteiger partial charge in [-0.1, -0.05) is 28.1 Å². The van der Waals surface area contributed by atoms with Crippen molar-refractivity contribution >= 4 is 26.8 Å². The highest BCUT2D eigenvalue weighted by Crippen LogP contribution is 2.41. The molecular formula is C20H21BrN2O2. The Labute approximate surface area is 155 Å². The Hall–Kier alpha value is -1.98. The van der Waals surface area contributed by atoms with Crippen LogP contribution < -0.4 is 14.8 Å². The third kappa shape index (κ3) is 2.81. The predicted octanol–water partition coefficient (Wildman–Crippen LogP) is 4.57. The molecule has 0 spiro atoms. The SMILES string of the molecule is CCOc1c(OC)cccc1C1NCCc2c1[nH]c1ccc(Br)cc21. The average Bonchev–Trinajstić information content (AvgIpc) is 3.00. The van der Waals surface area contributed by atoms with Gasteiger partial charge in [-0.25, -0.2) is 0 Å². The standard InChI is InChI=1S/C20H21BrN2O2/c1-3-25-20-14(5-4-6-17(20)24-2)18-19-13(9-10-22-18)15-11-12(21)7-8-16(15)23-19/h4-8,11,18,22-23H,3,9-10H2,1-2H3. The molecule has 0 amide bonds. The highest BCUT2D eigenvalue weighted by atomic mass is 79.9. The molecule has 5 heteroatoms. The predicted molar refractivity (Wildman–Crippen MR) is 104 cm³/mol. The van der Waals surface area contributed by atoms with E-state index in [1.807, 2.05) is 19.1 Å². The second-order valence-corrected chi connectivity index (χ2v) is 7.07. The lowest BCUT2D eigenvalue weighted by molar-refractivity contribution is 0.304. The van der Waals surface area contributed by atoms with Crippen molar-refractivity contribution in [1.82, 2.24) is 10.3 Å². The number of aromatic amines is 1. The molecule has 0 saturated heterocycles. The normalized spacial score (nSPS) is 16.7. The van der Waals surface area contributed by atoms with Crippen molar-refractivity contribution in [1.29, 1.82) is 0 Å². The van der Waals surface area contributed by atoms with Gasteiger partial charge in [-0.3, -0.25) is 0 Å². The Morgan fingerprint density at radius 3 is 2.92 bits per heavy atom. The molecule has 1 aromatic heterocycles. The Bertz CT molecular complexity index is 919. The number of nitrogens with one attached hydrogen (secondary N) is 2. The molecule has 25 heavy (non-hydrogen) atoms. The molecule has 0 fully saturated rings. The molecule has 1 aliphatic rings. The second kappa shape index (κ2) is 6.73. The molecule has 3 aromatic rings. The number of methoxy groups -OCH3 is 1. The number of ether oxygens (including phenoxy) is 2. The summed E-state index contributed by atoms with van der Waals surface area (Å²) in [4.78, 5) is 3.62. The summed E-state index contributed by atoms with van der Waals surface area (Å²) >= 11 is 3.59. The van der Waals surface area contributed by atoms with Crippen LogP contribution >= 0.6 is 15.9 Å². The van der Waals surface area contributed by atoms with Crippen molar-refractivity contribution in [2.45, 2.75) is 19.4 Å². The summed E-state index contributed by atoms with van der Waals surface area (Å²) in [7, 11) is 1.68. The molecule has 4 nitrogen and oxygen atoms in total. The second-order valence-electron chi connectivity index (χ2n) is 6.16. The van der Waals surface area contributed by atoms with Gasteiger partial charge in [0.2, 0.25) is 0 Å². The van der Waals surface area contributed by atoms with Gasteiger partial charge in [0.05, 0.1) is 19.8 Å². The van der Waals surface area contributed by atoms with E-state index in [1.54, 1.807) is 7.11 Å². The first kappa shape index (κ1) is 16.5. The van der Waals surface area contributed by atoms with E-state index in [4.69, 9.17) is 9.47 Å². The van der Waals surface area contributed by atoms with Crippen molar-refractivity contribution < 1.29 is 9.47 Å². The summed E-state index contributed by atoms with van der Waals surface area (Å²) in [6.07, 6.45) is 1.01. The van der Waals surface area contributed by atoms with Gasteiger partial charge in [0.25, 0.3) is 0 Å². The fraction of sp³-hybridized carbons (Fsp3) is 0.300. The lowest BCUT2D eigenvalue weighted by Crippen LogP contribution is -2.30. The van der Waals surface area contributed by atoms with E-state index >= 15 is 0 Å². The molecule has 0 bridgehead atoms. The van der Waals surface area contributed by atoms with Gasteiger partial charge in [0.15, 0.2) is 11.5 Å². The average molecular weight is 401 g/mol. The maximum atomic E-state index is 5.93. The summed E-state index contributed by atoms with van der Waals surface area (Å²) in [5.74, 6) is 1.59. The van der Waals surface area contributed by atoms with Gasteiger partial charge in [0.1, 0.15) is 0 Å². The number of aromatic nitrogens is 1. The number of benzene rings is 2. The molecule has 2 aromatic carbocycles. The molecule has 130 valence electrons. The first-order valence-corrected chi connectivity index (χ1v) is 9.35. The van der Waals surface area contributed by atoms with Crippen LogP contribution in [0.1, 0.15) is 29.8 Å². The van der Waals surface area contributed by atoms with Gasteiger partial charge in [-0.15, -0.1) is 0 Å². The summed E-state index contributed by atoms with van der Waals surface area (Å²) in [5.41, 5.74) is 4.87. The zero-order valence-corrected chi connectivity index (χ0v) is 15.9. The monoisotopic (exact) mass is 400 g/mol. The van der Waals surface area contributed by atoms with Crippen molar-refractivity contribution in [3.8, 4) is 11.5 Å². The Morgan fingerprint density at radius 2 is 2.12 bits per heavy atom. The van der Waals surface area contributed by atoms with Crippen LogP contribution in [0.25, 0.3) is 10.9 Å². The number of hydrogen-bond acceptors (Lipinski definition) is 3. The van der Waals surface area contributed by atoms with Crippen molar-refractivity contribution in [2.24, 2.45) is 0 Å². The van der Waals surface area contributed by atoms with Gasteiger partial charge in [-0.2, -0.15) is 0 Å². The van der Waals surface area contributed by atoms with Gasteiger partial charge in [0, 0.05) is 33.2 Å². The van der Waals surface area contributed by atoms with Crippen molar-refractivity contribution in [2.75, 3.05) is 20.3 Å². The third-order valence-electron chi connectivity index (χ3n) is 4.74. The van der Waals surface area contributed by atoms with Crippen LogP contribution in [-0.4, -0.2) is 25.2 Å². The number of rotatable bonds is 4. The largest absolute Gasteiger partial charge is 0.493 e. The van der Waals surface area contributed by atoms with E-state index in [0.717, 1.165) is 34.5 Å². The Balaban J connectivity index is 1.88. The van der Waals surface area contributed by atoms with Crippen LogP contribution in [0.4, 0.5) is 0 Å². The fourth-order valence-corrected chi connectivity index (χ4v) is 4.05. The van der Waals surface area contributed by atoms with Crippen LogP contribution in [0, 0.1) is 0 Å². The lowest BCUT2D eigenvalue weighted by atomic mass is 9.93. The molecule has 0 aliphatic carbocycles. The fourth-order valence-electron chi connectivity index (χ4n) is 3.69. The third-order valence-corrected chi connectivity index (χ3v) is 5.24. The van der Waals surface area contributed by atoms with Gasteiger partial charge in [-0.05, 0) is 43.2 Å². The van der Waals surface area contributed by atoms with Gasteiger partial charge >= 0.3 is 0 Å². The number of halogens is 1. The maximum absolute atomic E-state index is 5.93. The van der Waals surface area contributed by atoms with E-state index in [2.05, 4.69) is 50.5 Å². The van der Waals surface area contributed by atoms with Crippen LogP contribution in [-0.2, 0) is 6.42 Å². The summed E-state index contributed by atoms with van der Waals surface area (Å²) < 4.78 is 12.6. The molecule has 0 radical (unpaired) electrons. The summed E-state index contributed by atoms with van der Waals surface area (Å²) in [5, 5.41) is 4.93. The van der Waals surface area contributed by atoms with Crippen LogP contribution in [0.2, 0.25) is 0 Å². The number of H-pyrrole nitrogens is 1. The van der Waals surface area contributed by atoms with E-state index < -0.39 is 0 Å². The highest BCUT2D eigenvalue weighted by molar-refractivity contribution is 9.10. The summed E-state index contributed by atoms with van der Waals surface area (Å²) in [6, 6.07) is 12.5. The minimum absolute atomic E-state index is 0.0616. The van der Waals surface area contributed by atoms with Crippen LogP contribution in [0.5, 0.6) is 11.5 Å².